The number of rotatable bonds is 3. The maximum absolute atomic E-state index is 11.5. The summed E-state index contributed by atoms with van der Waals surface area (Å²) in [5, 5.41) is 9.32. The van der Waals surface area contributed by atoms with Crippen LogP contribution >= 0.6 is 0 Å². The normalized spacial score (nSPS) is 12.9. The average Bonchev–Trinajstić information content (AvgIpc) is 2.45. The molecule has 0 saturated heterocycles. The minimum atomic E-state index is -0.908. The van der Waals surface area contributed by atoms with Gasteiger partial charge in [0.15, 0.2) is 0 Å². The number of ketones is 1. The molecule has 0 fully saturated rings. The van der Waals surface area contributed by atoms with Crippen LogP contribution in [0.5, 0.6) is 0 Å². The zero-order chi connectivity index (χ0) is 10.0. The SMILES string of the molecule is CCC(O)C(=O)c1cnc(C)n1C. The van der Waals surface area contributed by atoms with Gasteiger partial charge in [0, 0.05) is 7.05 Å². The molecule has 1 N–H and O–H groups in total. The summed E-state index contributed by atoms with van der Waals surface area (Å²) >= 11 is 0. The Labute approximate surface area is 77.2 Å². The van der Waals surface area contributed by atoms with Gasteiger partial charge in [0.25, 0.3) is 0 Å². The maximum Gasteiger partial charge on any atom is 0.209 e. The number of aliphatic hydroxyl groups is 1. The molecular formula is C9H14N2O2. The molecule has 0 radical (unpaired) electrons. The third-order valence-electron chi connectivity index (χ3n) is 2.16. The molecule has 1 aromatic heterocycles. The molecule has 1 atom stereocenters. The van der Waals surface area contributed by atoms with E-state index in [-0.39, 0.29) is 5.78 Å². The lowest BCUT2D eigenvalue weighted by molar-refractivity contribution is 0.0731. The number of hydrogen-bond donors (Lipinski definition) is 1. The van der Waals surface area contributed by atoms with Crippen LogP contribution in [-0.2, 0) is 7.05 Å². The highest BCUT2D eigenvalue weighted by Gasteiger charge is 2.18. The maximum atomic E-state index is 11.5. The van der Waals surface area contributed by atoms with E-state index in [1.807, 2.05) is 6.92 Å². The van der Waals surface area contributed by atoms with E-state index in [0.717, 1.165) is 5.82 Å². The highest BCUT2D eigenvalue weighted by molar-refractivity contribution is 5.97. The van der Waals surface area contributed by atoms with Gasteiger partial charge in [-0.1, -0.05) is 6.92 Å². The number of aromatic nitrogens is 2. The third kappa shape index (κ3) is 1.78. The van der Waals surface area contributed by atoms with Crippen molar-refractivity contribution < 1.29 is 9.90 Å². The Hall–Kier alpha value is -1.16. The van der Waals surface area contributed by atoms with Crippen molar-refractivity contribution in [3.63, 3.8) is 0 Å². The standard InChI is InChI=1S/C9H14N2O2/c1-4-8(12)9(13)7-5-10-6(2)11(7)3/h5,8,12H,4H2,1-3H3. The van der Waals surface area contributed by atoms with E-state index in [0.29, 0.717) is 12.1 Å². The Kier molecular flexibility index (Phi) is 2.83. The molecule has 72 valence electrons. The molecule has 1 aromatic rings. The summed E-state index contributed by atoms with van der Waals surface area (Å²) in [6, 6.07) is 0. The van der Waals surface area contributed by atoms with E-state index in [2.05, 4.69) is 4.98 Å². The number of imidazole rings is 1. The fraction of sp³-hybridized carbons (Fsp3) is 0.556. The summed E-state index contributed by atoms with van der Waals surface area (Å²) in [5.41, 5.74) is 0.465. The molecule has 0 amide bonds. The van der Waals surface area contributed by atoms with E-state index in [9.17, 15) is 9.90 Å². The first kappa shape index (κ1) is 9.92. The highest BCUT2D eigenvalue weighted by Crippen LogP contribution is 2.07. The molecule has 0 aromatic carbocycles. The van der Waals surface area contributed by atoms with Crippen LogP contribution in [-0.4, -0.2) is 26.5 Å². The highest BCUT2D eigenvalue weighted by atomic mass is 16.3. The van der Waals surface area contributed by atoms with Gasteiger partial charge >= 0.3 is 0 Å². The average molecular weight is 182 g/mol. The number of carbonyl (C=O) groups excluding carboxylic acids is 1. The van der Waals surface area contributed by atoms with Crippen LogP contribution in [0, 0.1) is 6.92 Å². The first-order chi connectivity index (χ1) is 6.07. The molecule has 1 rings (SSSR count). The molecule has 0 bridgehead atoms. The molecule has 0 aliphatic heterocycles. The van der Waals surface area contributed by atoms with E-state index >= 15 is 0 Å². The van der Waals surface area contributed by atoms with Gasteiger partial charge < -0.3 is 9.67 Å². The lowest BCUT2D eigenvalue weighted by atomic mass is 10.1. The van der Waals surface area contributed by atoms with Crippen molar-refractivity contribution >= 4 is 5.78 Å². The monoisotopic (exact) mass is 182 g/mol. The first-order valence-corrected chi connectivity index (χ1v) is 4.28. The van der Waals surface area contributed by atoms with E-state index in [4.69, 9.17) is 0 Å². The predicted octanol–water partition coefficient (Wildman–Crippen LogP) is 0.682. The van der Waals surface area contributed by atoms with Crippen molar-refractivity contribution in [1.82, 2.24) is 9.55 Å². The summed E-state index contributed by atoms with van der Waals surface area (Å²) < 4.78 is 1.68. The Morgan fingerprint density at radius 3 is 2.77 bits per heavy atom. The summed E-state index contributed by atoms with van der Waals surface area (Å²) in [7, 11) is 1.76. The lowest BCUT2D eigenvalue weighted by Gasteiger charge is -2.06. The van der Waals surface area contributed by atoms with Crippen molar-refractivity contribution in [2.24, 2.45) is 7.05 Å². The Morgan fingerprint density at radius 2 is 2.38 bits per heavy atom. The summed E-state index contributed by atoms with van der Waals surface area (Å²) in [6.45, 7) is 3.58. The van der Waals surface area contributed by atoms with Crippen molar-refractivity contribution in [1.29, 1.82) is 0 Å². The Balaban J connectivity index is 2.95. The van der Waals surface area contributed by atoms with Gasteiger partial charge in [-0.2, -0.15) is 0 Å². The molecule has 0 spiro atoms. The third-order valence-corrected chi connectivity index (χ3v) is 2.16. The van der Waals surface area contributed by atoms with Crippen LogP contribution in [0.3, 0.4) is 0 Å². The van der Waals surface area contributed by atoms with Gasteiger partial charge in [-0.3, -0.25) is 4.79 Å². The Morgan fingerprint density at radius 1 is 1.77 bits per heavy atom. The van der Waals surface area contributed by atoms with Crippen molar-refractivity contribution in [2.45, 2.75) is 26.4 Å². The molecule has 1 unspecified atom stereocenters. The second kappa shape index (κ2) is 3.70. The first-order valence-electron chi connectivity index (χ1n) is 4.28. The van der Waals surface area contributed by atoms with Crippen molar-refractivity contribution in [3.8, 4) is 0 Å². The quantitative estimate of drug-likeness (QED) is 0.699. The van der Waals surface area contributed by atoms with Gasteiger partial charge in [-0.15, -0.1) is 0 Å². The number of hydrogen-bond acceptors (Lipinski definition) is 3. The Bertz CT molecular complexity index is 317. The number of aliphatic hydroxyl groups excluding tert-OH is 1. The molecule has 4 heteroatoms. The molecule has 0 aliphatic carbocycles. The van der Waals surface area contributed by atoms with Gasteiger partial charge in [0.2, 0.25) is 5.78 Å². The molecule has 0 aliphatic rings. The fourth-order valence-electron chi connectivity index (χ4n) is 1.09. The van der Waals surface area contributed by atoms with Crippen molar-refractivity contribution in [2.75, 3.05) is 0 Å². The van der Waals surface area contributed by atoms with E-state index in [1.165, 1.54) is 6.20 Å². The van der Waals surface area contributed by atoms with Crippen LogP contribution in [0.15, 0.2) is 6.20 Å². The molecule has 4 nitrogen and oxygen atoms in total. The zero-order valence-corrected chi connectivity index (χ0v) is 8.11. The molecular weight excluding hydrogens is 168 g/mol. The van der Waals surface area contributed by atoms with Crippen LogP contribution in [0.25, 0.3) is 0 Å². The topological polar surface area (TPSA) is 55.1 Å². The van der Waals surface area contributed by atoms with Crippen LogP contribution in [0.2, 0.25) is 0 Å². The summed E-state index contributed by atoms with van der Waals surface area (Å²) in [4.78, 5) is 15.5. The molecule has 1 heterocycles. The summed E-state index contributed by atoms with van der Waals surface area (Å²) in [6.07, 6.45) is 1.02. The van der Waals surface area contributed by atoms with Gasteiger partial charge in [0.05, 0.1) is 6.20 Å². The van der Waals surface area contributed by atoms with E-state index in [1.54, 1.807) is 18.5 Å². The van der Waals surface area contributed by atoms with Crippen LogP contribution in [0.1, 0.15) is 29.7 Å². The van der Waals surface area contributed by atoms with E-state index < -0.39 is 6.10 Å². The number of nitrogens with zero attached hydrogens (tertiary/aromatic N) is 2. The molecule has 13 heavy (non-hydrogen) atoms. The minimum Gasteiger partial charge on any atom is -0.385 e. The van der Waals surface area contributed by atoms with Crippen molar-refractivity contribution in [3.05, 3.63) is 17.7 Å². The lowest BCUT2D eigenvalue weighted by Crippen LogP contribution is -2.21. The smallest absolute Gasteiger partial charge is 0.209 e. The number of carbonyl (C=O) groups is 1. The predicted molar refractivity (Wildman–Crippen MR) is 48.6 cm³/mol. The van der Waals surface area contributed by atoms with Crippen LogP contribution < -0.4 is 0 Å². The minimum absolute atomic E-state index is 0.259. The molecule has 0 saturated carbocycles. The van der Waals surface area contributed by atoms with Crippen LogP contribution in [0.4, 0.5) is 0 Å². The fourth-order valence-corrected chi connectivity index (χ4v) is 1.09. The second-order valence-corrected chi connectivity index (χ2v) is 3.04. The number of aryl methyl sites for hydroxylation is 1. The largest absolute Gasteiger partial charge is 0.385 e. The number of Topliss-reactive ketones (excluding diaryl/α,β-unsaturated/α-hetero) is 1. The zero-order valence-electron chi connectivity index (χ0n) is 8.11. The summed E-state index contributed by atoms with van der Waals surface area (Å²) in [5.74, 6) is 0.511. The second-order valence-electron chi connectivity index (χ2n) is 3.04. The van der Waals surface area contributed by atoms with Gasteiger partial charge in [0.1, 0.15) is 17.6 Å². The van der Waals surface area contributed by atoms with Gasteiger partial charge in [-0.05, 0) is 13.3 Å². The van der Waals surface area contributed by atoms with Gasteiger partial charge in [-0.25, -0.2) is 4.98 Å².